The van der Waals surface area contributed by atoms with Gasteiger partial charge in [0.15, 0.2) is 5.78 Å². The Bertz CT molecular complexity index is 1110. The van der Waals surface area contributed by atoms with Gasteiger partial charge in [0.2, 0.25) is 17.7 Å². The molecule has 0 radical (unpaired) electrons. The zero-order valence-corrected chi connectivity index (χ0v) is 30.1. The van der Waals surface area contributed by atoms with E-state index >= 15 is 0 Å². The Morgan fingerprint density at radius 1 is 0.792 bits per heavy atom. The molecule has 1 unspecified atom stereocenters. The summed E-state index contributed by atoms with van der Waals surface area (Å²) in [6.45, 7) is 7.95. The summed E-state index contributed by atoms with van der Waals surface area (Å²) in [6.07, 6.45) is 1.61. The van der Waals surface area contributed by atoms with E-state index in [-0.39, 0.29) is 30.8 Å². The van der Waals surface area contributed by atoms with Crippen LogP contribution in [0.5, 0.6) is 0 Å². The van der Waals surface area contributed by atoms with Gasteiger partial charge in [0.25, 0.3) is 0 Å². The third-order valence-corrected chi connectivity index (χ3v) is 8.81. The number of carbonyl (C=O) groups excluding carboxylic acids is 4. The summed E-state index contributed by atoms with van der Waals surface area (Å²) >= 11 is 1.44. The lowest BCUT2D eigenvalue weighted by Crippen LogP contribution is -2.59. The van der Waals surface area contributed by atoms with Gasteiger partial charge in [-0.1, -0.05) is 44.2 Å². The molecule has 3 N–H and O–H groups in total. The van der Waals surface area contributed by atoms with Crippen LogP contribution in [0.1, 0.15) is 39.2 Å². The van der Waals surface area contributed by atoms with E-state index in [9.17, 15) is 19.2 Å². The van der Waals surface area contributed by atoms with Crippen LogP contribution >= 0.6 is 11.8 Å². The molecule has 0 bridgehead atoms. The van der Waals surface area contributed by atoms with Crippen LogP contribution in [-0.2, 0) is 54.0 Å². The van der Waals surface area contributed by atoms with Crippen LogP contribution in [0.2, 0.25) is 0 Å². The highest BCUT2D eigenvalue weighted by Crippen LogP contribution is 2.29. The van der Waals surface area contributed by atoms with E-state index in [4.69, 9.17) is 28.4 Å². The molecule has 1 aromatic rings. The Labute approximate surface area is 289 Å². The number of epoxide rings is 1. The molecule has 1 aliphatic heterocycles. The average Bonchev–Trinajstić information content (AvgIpc) is 3.82. The number of methoxy groups -OCH3 is 3. The van der Waals surface area contributed by atoms with Gasteiger partial charge in [0.1, 0.15) is 17.7 Å². The number of nitrogens with one attached hydrogen (secondary N) is 3. The first-order valence-electron chi connectivity index (χ1n) is 16.4. The maximum absolute atomic E-state index is 13.6. The molecule has 1 aliphatic rings. The second-order valence-electron chi connectivity index (χ2n) is 12.2. The molecule has 3 amide bonds. The molecule has 14 heteroatoms. The molecule has 0 aliphatic carbocycles. The van der Waals surface area contributed by atoms with Crippen molar-refractivity contribution in [3.05, 3.63) is 35.9 Å². The predicted octanol–water partition coefficient (Wildman–Crippen LogP) is 1.55. The Balaban J connectivity index is 2.04. The smallest absolute Gasteiger partial charge is 0.245 e. The minimum Gasteiger partial charge on any atom is -0.382 e. The van der Waals surface area contributed by atoms with Crippen LogP contribution in [0.25, 0.3) is 0 Å². The molecule has 48 heavy (non-hydrogen) atoms. The standard InChI is InChI=1S/C34H55N3O10S/c1-24(2)20-26(30(38)34(3)23-47-34)35-31(39)27(21-43-5)36-32(40)28(22-44-6)37-33(41)29(13-12-25-10-8-7-9-11-25)48-19-18-46-17-16-45-15-14-42-4/h7-11,24,26-29H,12-23H2,1-6H3,(H,35,39)(H,36,40)(H,37,41)/t26?,27-,28-,29-,34+/m0/s1. The highest BCUT2D eigenvalue weighted by molar-refractivity contribution is 8.00. The first kappa shape index (κ1) is 41.6. The SMILES string of the molecule is COCCOCCOCCS[C@@H](CCc1ccccc1)C(=O)N[C@@H](COC)C(=O)N[C@@H](COC)C(=O)NC(CC(C)C)C(=O)[C@@]1(C)CO1. The van der Waals surface area contributed by atoms with E-state index in [0.29, 0.717) is 64.7 Å². The van der Waals surface area contributed by atoms with Crippen LogP contribution < -0.4 is 16.0 Å². The quantitative estimate of drug-likeness (QED) is 0.0904. The van der Waals surface area contributed by atoms with Crippen LogP contribution in [0, 0.1) is 5.92 Å². The van der Waals surface area contributed by atoms with Gasteiger partial charge in [-0.25, -0.2) is 0 Å². The number of amides is 3. The molecule has 13 nitrogen and oxygen atoms in total. The van der Waals surface area contributed by atoms with Crippen LogP contribution in [0.15, 0.2) is 30.3 Å². The molecule has 1 saturated heterocycles. The number of ether oxygens (including phenoxy) is 6. The maximum atomic E-state index is 13.6. The van der Waals surface area contributed by atoms with E-state index in [1.54, 1.807) is 14.0 Å². The Kier molecular flexibility index (Phi) is 19.9. The summed E-state index contributed by atoms with van der Waals surface area (Å²) in [4.78, 5) is 53.5. The molecule has 5 atom stereocenters. The van der Waals surface area contributed by atoms with E-state index < -0.39 is 40.8 Å². The highest BCUT2D eigenvalue weighted by Gasteiger charge is 2.50. The summed E-state index contributed by atoms with van der Waals surface area (Å²) < 4.78 is 31.8. The Morgan fingerprint density at radius 3 is 1.88 bits per heavy atom. The molecular formula is C34H55N3O10S. The maximum Gasteiger partial charge on any atom is 0.245 e. The van der Waals surface area contributed by atoms with Crippen molar-refractivity contribution in [1.29, 1.82) is 0 Å². The zero-order valence-electron chi connectivity index (χ0n) is 29.2. The molecule has 272 valence electrons. The first-order chi connectivity index (χ1) is 23.0. The number of Topliss-reactive ketones (excluding diaryl/α,β-unsaturated/α-hetero) is 1. The summed E-state index contributed by atoms with van der Waals surface area (Å²) in [5, 5.41) is 7.81. The molecule has 0 saturated carbocycles. The number of carbonyl (C=O) groups is 4. The van der Waals surface area contributed by atoms with Crippen molar-refractivity contribution in [2.45, 2.75) is 69.0 Å². The topological polar surface area (TPSA) is 163 Å². The molecule has 1 heterocycles. The van der Waals surface area contributed by atoms with Crippen LogP contribution in [-0.4, -0.2) is 132 Å². The predicted molar refractivity (Wildman–Crippen MR) is 183 cm³/mol. The number of aryl methyl sites for hydroxylation is 1. The summed E-state index contributed by atoms with van der Waals surface area (Å²) in [5.41, 5.74) is 0.178. The molecule has 2 rings (SSSR count). The Hall–Kier alpha value is -2.59. The van der Waals surface area contributed by atoms with Gasteiger partial charge >= 0.3 is 0 Å². The third-order valence-electron chi connectivity index (χ3n) is 7.55. The van der Waals surface area contributed by atoms with Gasteiger partial charge in [-0.3, -0.25) is 19.2 Å². The van der Waals surface area contributed by atoms with Gasteiger partial charge < -0.3 is 44.4 Å². The second kappa shape index (κ2) is 22.9. The van der Waals surface area contributed by atoms with Crippen molar-refractivity contribution in [1.82, 2.24) is 16.0 Å². The minimum atomic E-state index is -1.12. The van der Waals surface area contributed by atoms with Gasteiger partial charge in [-0.2, -0.15) is 0 Å². The fourth-order valence-electron chi connectivity index (χ4n) is 4.78. The van der Waals surface area contributed by atoms with E-state index in [2.05, 4.69) is 16.0 Å². The molecule has 0 spiro atoms. The lowest BCUT2D eigenvalue weighted by atomic mass is 9.93. The van der Waals surface area contributed by atoms with E-state index in [1.807, 2.05) is 44.2 Å². The largest absolute Gasteiger partial charge is 0.382 e. The highest BCUT2D eigenvalue weighted by atomic mass is 32.2. The number of hydrogen-bond donors (Lipinski definition) is 3. The van der Waals surface area contributed by atoms with E-state index in [1.165, 1.54) is 26.0 Å². The third kappa shape index (κ3) is 15.7. The Morgan fingerprint density at radius 2 is 1.33 bits per heavy atom. The first-order valence-corrected chi connectivity index (χ1v) is 17.5. The van der Waals surface area contributed by atoms with Crippen molar-refractivity contribution < 1.29 is 47.6 Å². The van der Waals surface area contributed by atoms with Crippen LogP contribution in [0.4, 0.5) is 0 Å². The normalized spacial score (nSPS) is 18.1. The monoisotopic (exact) mass is 697 g/mol. The fourth-order valence-corrected chi connectivity index (χ4v) is 5.78. The second-order valence-corrected chi connectivity index (χ2v) is 13.5. The van der Waals surface area contributed by atoms with Gasteiger partial charge in [0, 0.05) is 27.1 Å². The van der Waals surface area contributed by atoms with Gasteiger partial charge in [-0.05, 0) is 37.7 Å². The van der Waals surface area contributed by atoms with Crippen molar-refractivity contribution in [2.24, 2.45) is 5.92 Å². The van der Waals surface area contributed by atoms with Crippen molar-refractivity contribution in [2.75, 3.05) is 79.9 Å². The van der Waals surface area contributed by atoms with Gasteiger partial charge in [-0.15, -0.1) is 11.8 Å². The number of ketones is 1. The molecule has 1 aromatic carbocycles. The summed E-state index contributed by atoms with van der Waals surface area (Å²) in [7, 11) is 4.44. The zero-order chi connectivity index (χ0) is 35.4. The lowest BCUT2D eigenvalue weighted by Gasteiger charge is -2.26. The van der Waals surface area contributed by atoms with Crippen molar-refractivity contribution in [3.63, 3.8) is 0 Å². The summed E-state index contributed by atoms with van der Waals surface area (Å²) in [6, 6.07) is 6.87. The number of benzene rings is 1. The number of rotatable bonds is 27. The van der Waals surface area contributed by atoms with E-state index in [0.717, 1.165) is 5.56 Å². The molecule has 0 aromatic heterocycles. The number of thioether (sulfide) groups is 1. The van der Waals surface area contributed by atoms with Gasteiger partial charge in [0.05, 0.1) is 64.1 Å². The van der Waals surface area contributed by atoms with Crippen LogP contribution in [0.3, 0.4) is 0 Å². The minimum absolute atomic E-state index is 0.120. The lowest BCUT2D eigenvalue weighted by molar-refractivity contribution is -0.135. The molecule has 1 fully saturated rings. The fraction of sp³-hybridized carbons (Fsp3) is 0.706. The number of hydrogen-bond acceptors (Lipinski definition) is 11. The van der Waals surface area contributed by atoms with Crippen molar-refractivity contribution in [3.8, 4) is 0 Å². The average molecular weight is 698 g/mol. The van der Waals surface area contributed by atoms with Crippen molar-refractivity contribution >= 4 is 35.3 Å². The summed E-state index contributed by atoms with van der Waals surface area (Å²) in [5.74, 6) is -1.05. The molecular weight excluding hydrogens is 642 g/mol.